The number of nitrogens with zero attached hydrogens (tertiary/aromatic N) is 6. The molecule has 2 aliphatic heterocycles. The predicted molar refractivity (Wildman–Crippen MR) is 107 cm³/mol. The molecule has 2 aliphatic rings. The lowest BCUT2D eigenvalue weighted by Crippen LogP contribution is -2.66. The maximum Gasteiger partial charge on any atom is 0.274 e. The third-order valence-corrected chi connectivity index (χ3v) is 6.28. The summed E-state index contributed by atoms with van der Waals surface area (Å²) >= 11 is 0. The molecular weight excluding hydrogens is 370 g/mol. The maximum absolute atomic E-state index is 13.4. The number of aromatic nitrogens is 4. The second-order valence-electron chi connectivity index (χ2n) is 8.24. The number of carbonyl (C=O) groups is 2. The Balaban J connectivity index is 1.52. The van der Waals surface area contributed by atoms with Gasteiger partial charge in [0.15, 0.2) is 0 Å². The molecule has 9 heteroatoms. The minimum atomic E-state index is -0.542. The summed E-state index contributed by atoms with van der Waals surface area (Å²) in [6, 6.07) is 1.73. The van der Waals surface area contributed by atoms with E-state index in [0.717, 1.165) is 25.8 Å². The fourth-order valence-electron chi connectivity index (χ4n) is 4.71. The smallest absolute Gasteiger partial charge is 0.274 e. The first-order valence-corrected chi connectivity index (χ1v) is 10.2. The topological polar surface area (TPSA) is 88.3 Å². The first kappa shape index (κ1) is 19.6. The molecule has 2 atom stereocenters. The van der Waals surface area contributed by atoms with Gasteiger partial charge in [0.2, 0.25) is 5.91 Å². The van der Waals surface area contributed by atoms with Crippen LogP contribution in [0.5, 0.6) is 0 Å². The second kappa shape index (κ2) is 7.98. The number of hydrogen-bond donors (Lipinski definition) is 1. The first-order valence-electron chi connectivity index (χ1n) is 10.2. The van der Waals surface area contributed by atoms with Crippen LogP contribution in [-0.2, 0) is 18.4 Å². The first-order chi connectivity index (χ1) is 14.0. The highest BCUT2D eigenvalue weighted by Gasteiger charge is 2.53. The highest BCUT2D eigenvalue weighted by atomic mass is 16.2. The summed E-state index contributed by atoms with van der Waals surface area (Å²) in [4.78, 5) is 34.9. The standard InChI is InChI=1S/C20H29N7O2/c1-24-11-6-20(19(29)21-8-12-26-9-4-7-23-26)5-3-10-27(17(20)14-24)18(28)16-13-25(2)15-22-16/h4,7,9,13,15,17H,3,5-6,8,10-12,14H2,1-2H3,(H,21,29)/t17-,20+/m0/s1. The number of amides is 2. The molecule has 4 heterocycles. The normalized spacial score (nSPS) is 24.9. The lowest BCUT2D eigenvalue weighted by Gasteiger charge is -2.53. The van der Waals surface area contributed by atoms with E-state index in [1.165, 1.54) is 0 Å². The van der Waals surface area contributed by atoms with Gasteiger partial charge in [0.1, 0.15) is 5.69 Å². The molecule has 2 amide bonds. The Morgan fingerprint density at radius 2 is 2.14 bits per heavy atom. The van der Waals surface area contributed by atoms with Crippen LogP contribution in [0.4, 0.5) is 0 Å². The van der Waals surface area contributed by atoms with Gasteiger partial charge in [-0.3, -0.25) is 14.3 Å². The highest BCUT2D eigenvalue weighted by Crippen LogP contribution is 2.43. The summed E-state index contributed by atoms with van der Waals surface area (Å²) in [5, 5.41) is 7.31. The second-order valence-corrected chi connectivity index (χ2v) is 8.24. The monoisotopic (exact) mass is 399 g/mol. The number of rotatable bonds is 5. The molecule has 9 nitrogen and oxygen atoms in total. The van der Waals surface area contributed by atoms with Crippen LogP contribution in [0.25, 0.3) is 0 Å². The zero-order valence-electron chi connectivity index (χ0n) is 17.1. The number of imidazole rings is 1. The van der Waals surface area contributed by atoms with Crippen molar-refractivity contribution in [2.24, 2.45) is 12.5 Å². The van der Waals surface area contributed by atoms with E-state index in [1.54, 1.807) is 23.3 Å². The molecule has 0 spiro atoms. The summed E-state index contributed by atoms with van der Waals surface area (Å²) in [7, 11) is 3.91. The van der Waals surface area contributed by atoms with Gasteiger partial charge in [-0.15, -0.1) is 0 Å². The van der Waals surface area contributed by atoms with Crippen molar-refractivity contribution in [3.8, 4) is 0 Å². The molecule has 29 heavy (non-hydrogen) atoms. The molecule has 1 N–H and O–H groups in total. The van der Waals surface area contributed by atoms with Crippen molar-refractivity contribution in [3.05, 3.63) is 36.7 Å². The van der Waals surface area contributed by atoms with Crippen LogP contribution in [0, 0.1) is 5.41 Å². The molecule has 0 saturated carbocycles. The van der Waals surface area contributed by atoms with E-state index < -0.39 is 5.41 Å². The lowest BCUT2D eigenvalue weighted by atomic mass is 9.67. The molecule has 2 fully saturated rings. The minimum absolute atomic E-state index is 0.0567. The van der Waals surface area contributed by atoms with Crippen LogP contribution in [-0.4, -0.2) is 80.2 Å². The maximum atomic E-state index is 13.4. The van der Waals surface area contributed by atoms with E-state index >= 15 is 0 Å². The van der Waals surface area contributed by atoms with Gasteiger partial charge in [0, 0.05) is 45.3 Å². The fraction of sp³-hybridized carbons (Fsp3) is 0.600. The lowest BCUT2D eigenvalue weighted by molar-refractivity contribution is -0.142. The average Bonchev–Trinajstić information content (AvgIpc) is 3.38. The molecule has 2 saturated heterocycles. The number of aryl methyl sites for hydroxylation is 1. The van der Waals surface area contributed by atoms with Gasteiger partial charge in [-0.25, -0.2) is 4.98 Å². The van der Waals surface area contributed by atoms with E-state index in [9.17, 15) is 9.59 Å². The van der Waals surface area contributed by atoms with E-state index in [2.05, 4.69) is 27.3 Å². The number of nitrogens with one attached hydrogen (secondary N) is 1. The van der Waals surface area contributed by atoms with Crippen molar-refractivity contribution < 1.29 is 9.59 Å². The third kappa shape index (κ3) is 3.78. The van der Waals surface area contributed by atoms with Gasteiger partial charge in [0.25, 0.3) is 5.91 Å². The Kier molecular flexibility index (Phi) is 5.40. The zero-order chi connectivity index (χ0) is 20.4. The minimum Gasteiger partial charge on any atom is -0.354 e. The summed E-state index contributed by atoms with van der Waals surface area (Å²) in [5.41, 5.74) is -0.102. The molecular formula is C20H29N7O2. The van der Waals surface area contributed by atoms with Gasteiger partial charge >= 0.3 is 0 Å². The highest BCUT2D eigenvalue weighted by molar-refractivity contribution is 5.93. The summed E-state index contributed by atoms with van der Waals surface area (Å²) < 4.78 is 3.58. The van der Waals surface area contributed by atoms with Crippen molar-refractivity contribution in [1.29, 1.82) is 0 Å². The van der Waals surface area contributed by atoms with Crippen LogP contribution < -0.4 is 5.32 Å². The zero-order valence-corrected chi connectivity index (χ0v) is 17.1. The molecule has 0 bridgehead atoms. The molecule has 0 unspecified atom stereocenters. The van der Waals surface area contributed by atoms with Crippen molar-refractivity contribution in [2.45, 2.75) is 31.8 Å². The number of fused-ring (bicyclic) bond motifs is 1. The third-order valence-electron chi connectivity index (χ3n) is 6.28. The SMILES string of the molecule is CN1CC[C@]2(C(=O)NCCn3cccn3)CCCN(C(=O)c3cn(C)cn3)[C@H]2C1. The molecule has 0 radical (unpaired) electrons. The van der Waals surface area contributed by atoms with Crippen molar-refractivity contribution in [1.82, 2.24) is 34.4 Å². The van der Waals surface area contributed by atoms with Crippen LogP contribution in [0.15, 0.2) is 31.0 Å². The van der Waals surface area contributed by atoms with Crippen molar-refractivity contribution in [3.63, 3.8) is 0 Å². The van der Waals surface area contributed by atoms with E-state index in [-0.39, 0.29) is 17.9 Å². The van der Waals surface area contributed by atoms with E-state index in [4.69, 9.17) is 0 Å². The van der Waals surface area contributed by atoms with Gasteiger partial charge in [-0.05, 0) is 38.9 Å². The predicted octanol–water partition coefficient (Wildman–Crippen LogP) is 0.360. The van der Waals surface area contributed by atoms with Crippen LogP contribution in [0.3, 0.4) is 0 Å². The van der Waals surface area contributed by atoms with Crippen molar-refractivity contribution >= 4 is 11.8 Å². The largest absolute Gasteiger partial charge is 0.354 e. The van der Waals surface area contributed by atoms with E-state index in [1.807, 2.05) is 28.9 Å². The molecule has 0 aliphatic carbocycles. The fourth-order valence-corrected chi connectivity index (χ4v) is 4.71. The Hall–Kier alpha value is -2.68. The molecule has 2 aromatic rings. The van der Waals surface area contributed by atoms with Gasteiger partial charge in [-0.2, -0.15) is 5.10 Å². The number of piperidine rings is 2. The number of carbonyl (C=O) groups excluding carboxylic acids is 2. The van der Waals surface area contributed by atoms with Gasteiger partial charge < -0.3 is 19.7 Å². The quantitative estimate of drug-likeness (QED) is 0.784. The average molecular weight is 399 g/mol. The van der Waals surface area contributed by atoms with Gasteiger partial charge in [0.05, 0.1) is 24.3 Å². The summed E-state index contributed by atoms with van der Waals surface area (Å²) in [6.45, 7) is 3.38. The Morgan fingerprint density at radius 1 is 1.28 bits per heavy atom. The van der Waals surface area contributed by atoms with Crippen LogP contribution in [0.2, 0.25) is 0 Å². The summed E-state index contributed by atoms with van der Waals surface area (Å²) in [6.07, 6.45) is 9.39. The molecule has 156 valence electrons. The Morgan fingerprint density at radius 3 is 2.86 bits per heavy atom. The number of likely N-dealkylation sites (N-methyl/N-ethyl adjacent to an activating group) is 1. The number of likely N-dealkylation sites (tertiary alicyclic amines) is 2. The molecule has 4 rings (SSSR count). The molecule has 0 aromatic carbocycles. The van der Waals surface area contributed by atoms with Crippen LogP contribution >= 0.6 is 0 Å². The van der Waals surface area contributed by atoms with E-state index in [0.29, 0.717) is 31.9 Å². The molecule has 2 aromatic heterocycles. The summed E-state index contributed by atoms with van der Waals surface area (Å²) in [5.74, 6) is -0.0272. The Bertz CT molecular complexity index is 862. The van der Waals surface area contributed by atoms with Gasteiger partial charge in [-0.1, -0.05) is 0 Å². The van der Waals surface area contributed by atoms with Crippen LogP contribution in [0.1, 0.15) is 29.8 Å². The van der Waals surface area contributed by atoms with Crippen molar-refractivity contribution in [2.75, 3.05) is 33.2 Å². The number of hydrogen-bond acceptors (Lipinski definition) is 5. The Labute approximate surface area is 170 Å².